The average molecular weight is 305 g/mol. The number of nitrogens with one attached hydrogen (secondary N) is 1. The number of amides is 2. The quantitative estimate of drug-likeness (QED) is 0.940. The van der Waals surface area contributed by atoms with Crippen molar-refractivity contribution in [3.63, 3.8) is 0 Å². The third-order valence-electron chi connectivity index (χ3n) is 3.21. The first-order valence-corrected chi connectivity index (χ1v) is 7.62. The number of hydrogen-bond donors (Lipinski definition) is 1. The molecule has 1 heterocycles. The number of carbonyl (C=O) groups excluding carboxylic acids is 2. The molecule has 1 aromatic heterocycles. The number of fused-ring (bicyclic) bond motifs is 1. The van der Waals surface area contributed by atoms with E-state index in [1.165, 1.54) is 18.3 Å². The molecule has 0 aliphatic rings. The fourth-order valence-electron chi connectivity index (χ4n) is 2.08. The van der Waals surface area contributed by atoms with E-state index in [0.717, 1.165) is 10.2 Å². The smallest absolute Gasteiger partial charge is 0.271 e. The van der Waals surface area contributed by atoms with Crippen LogP contribution in [0, 0.1) is 5.92 Å². The van der Waals surface area contributed by atoms with Gasteiger partial charge in [-0.05, 0) is 18.1 Å². The molecule has 1 N–H and O–H groups in total. The van der Waals surface area contributed by atoms with Crippen molar-refractivity contribution >= 4 is 33.4 Å². The molecule has 0 saturated heterocycles. The zero-order valence-electron chi connectivity index (χ0n) is 12.6. The molecular formula is C15H19N3O2S. The summed E-state index contributed by atoms with van der Waals surface area (Å²) in [6.45, 7) is 5.18. The summed E-state index contributed by atoms with van der Waals surface area (Å²) in [5, 5.41) is 2.67. The molecule has 0 spiro atoms. The van der Waals surface area contributed by atoms with E-state index in [-0.39, 0.29) is 17.7 Å². The molecule has 1 atom stereocenters. The summed E-state index contributed by atoms with van der Waals surface area (Å²) in [4.78, 5) is 28.4. The minimum Gasteiger partial charge on any atom is -0.344 e. The monoisotopic (exact) mass is 305 g/mol. The third kappa shape index (κ3) is 3.39. The van der Waals surface area contributed by atoms with Crippen molar-refractivity contribution < 1.29 is 9.59 Å². The molecule has 0 fully saturated rings. The summed E-state index contributed by atoms with van der Waals surface area (Å²) in [5.74, 6) is -0.551. The van der Waals surface area contributed by atoms with Gasteiger partial charge in [-0.25, -0.2) is 0 Å². The topological polar surface area (TPSA) is 63.5 Å². The molecule has 0 radical (unpaired) electrons. The van der Waals surface area contributed by atoms with E-state index in [0.29, 0.717) is 4.80 Å². The summed E-state index contributed by atoms with van der Waals surface area (Å²) >= 11 is 1.46. The van der Waals surface area contributed by atoms with Crippen LogP contribution < -0.4 is 10.1 Å². The highest BCUT2D eigenvalue weighted by Gasteiger charge is 2.22. The molecule has 5 nitrogen and oxygen atoms in total. The zero-order chi connectivity index (χ0) is 15.6. The molecule has 0 bridgehead atoms. The van der Waals surface area contributed by atoms with Crippen molar-refractivity contribution in [2.45, 2.75) is 26.8 Å². The highest BCUT2D eigenvalue weighted by atomic mass is 32.1. The summed E-state index contributed by atoms with van der Waals surface area (Å²) in [6.07, 6.45) is 0. The van der Waals surface area contributed by atoms with Crippen LogP contribution >= 0.6 is 11.3 Å². The lowest BCUT2D eigenvalue weighted by Gasteiger charge is -2.17. The molecule has 2 amide bonds. The standard InChI is InChI=1S/C15H19N3O2S/c1-9(2)13(16-10(3)19)14(20)17-15-18(4)11-7-5-6-8-12(11)21-15/h5-9,13H,1-4H3,(H,16,19). The predicted molar refractivity (Wildman–Crippen MR) is 83.8 cm³/mol. The van der Waals surface area contributed by atoms with Crippen LogP contribution in [0.3, 0.4) is 0 Å². The SMILES string of the molecule is CC(=O)NC(C(=O)N=c1sc2ccccc2n1C)C(C)C. The molecule has 1 aromatic carbocycles. The fourth-order valence-corrected chi connectivity index (χ4v) is 3.11. The van der Waals surface area contributed by atoms with Crippen LogP contribution in [0.1, 0.15) is 20.8 Å². The van der Waals surface area contributed by atoms with Crippen molar-refractivity contribution in [1.82, 2.24) is 9.88 Å². The van der Waals surface area contributed by atoms with Gasteiger partial charge in [-0.2, -0.15) is 4.99 Å². The van der Waals surface area contributed by atoms with E-state index in [2.05, 4.69) is 10.3 Å². The van der Waals surface area contributed by atoms with Gasteiger partial charge in [-0.3, -0.25) is 9.59 Å². The number of thiazole rings is 1. The molecule has 2 rings (SSSR count). The number of para-hydroxylation sites is 1. The Hall–Kier alpha value is -1.95. The normalized spacial score (nSPS) is 13.7. The number of rotatable bonds is 3. The second-order valence-corrected chi connectivity index (χ2v) is 6.29. The van der Waals surface area contributed by atoms with Crippen LogP contribution in [-0.2, 0) is 16.6 Å². The van der Waals surface area contributed by atoms with E-state index in [1.807, 2.05) is 49.7 Å². The Morgan fingerprint density at radius 1 is 1.29 bits per heavy atom. The van der Waals surface area contributed by atoms with Crippen LogP contribution in [0.25, 0.3) is 10.2 Å². The second kappa shape index (κ2) is 6.22. The van der Waals surface area contributed by atoms with Crippen molar-refractivity contribution in [3.05, 3.63) is 29.1 Å². The van der Waals surface area contributed by atoms with E-state index < -0.39 is 6.04 Å². The van der Waals surface area contributed by atoms with Gasteiger partial charge in [0.1, 0.15) is 6.04 Å². The molecule has 6 heteroatoms. The molecule has 2 aromatic rings. The fraction of sp³-hybridized carbons (Fsp3) is 0.400. The van der Waals surface area contributed by atoms with Crippen LogP contribution in [0.5, 0.6) is 0 Å². The molecule has 0 aliphatic heterocycles. The number of nitrogens with zero attached hydrogens (tertiary/aromatic N) is 2. The van der Waals surface area contributed by atoms with Crippen LogP contribution in [0.15, 0.2) is 29.3 Å². The molecule has 21 heavy (non-hydrogen) atoms. The van der Waals surface area contributed by atoms with E-state index in [9.17, 15) is 9.59 Å². The minimum absolute atomic E-state index is 0.00941. The summed E-state index contributed by atoms with van der Waals surface area (Å²) in [6, 6.07) is 7.31. The van der Waals surface area contributed by atoms with E-state index in [1.54, 1.807) is 0 Å². The lowest BCUT2D eigenvalue weighted by Crippen LogP contribution is -2.43. The van der Waals surface area contributed by atoms with Crippen LogP contribution in [-0.4, -0.2) is 22.4 Å². The summed E-state index contributed by atoms with van der Waals surface area (Å²) in [7, 11) is 1.88. The molecule has 1 unspecified atom stereocenters. The van der Waals surface area contributed by atoms with Crippen molar-refractivity contribution in [3.8, 4) is 0 Å². The maximum absolute atomic E-state index is 12.3. The molecule has 112 valence electrons. The molecular weight excluding hydrogens is 286 g/mol. The Labute approximate surface area is 127 Å². The number of aromatic nitrogens is 1. The number of aryl methyl sites for hydroxylation is 1. The first kappa shape index (κ1) is 15.4. The molecule has 0 aliphatic carbocycles. The highest BCUT2D eigenvalue weighted by molar-refractivity contribution is 7.16. The van der Waals surface area contributed by atoms with Gasteiger partial charge in [0.25, 0.3) is 5.91 Å². The van der Waals surface area contributed by atoms with Gasteiger partial charge in [-0.15, -0.1) is 0 Å². The number of hydrogen-bond acceptors (Lipinski definition) is 3. The Kier molecular flexibility index (Phi) is 4.57. The second-order valence-electron chi connectivity index (χ2n) is 5.28. The highest BCUT2D eigenvalue weighted by Crippen LogP contribution is 2.15. The maximum Gasteiger partial charge on any atom is 0.271 e. The van der Waals surface area contributed by atoms with Crippen LogP contribution in [0.4, 0.5) is 0 Å². The lowest BCUT2D eigenvalue weighted by atomic mass is 10.0. The first-order valence-electron chi connectivity index (χ1n) is 6.80. The average Bonchev–Trinajstić information content (AvgIpc) is 2.73. The van der Waals surface area contributed by atoms with Crippen LogP contribution in [0.2, 0.25) is 0 Å². The number of benzene rings is 1. The lowest BCUT2D eigenvalue weighted by molar-refractivity contribution is -0.127. The van der Waals surface area contributed by atoms with Gasteiger partial charge in [-0.1, -0.05) is 37.3 Å². The van der Waals surface area contributed by atoms with E-state index in [4.69, 9.17) is 0 Å². The Morgan fingerprint density at radius 3 is 2.52 bits per heavy atom. The Morgan fingerprint density at radius 2 is 1.95 bits per heavy atom. The Balaban J connectivity index is 2.42. The van der Waals surface area contributed by atoms with E-state index >= 15 is 0 Å². The predicted octanol–water partition coefficient (Wildman–Crippen LogP) is 1.83. The zero-order valence-corrected chi connectivity index (χ0v) is 13.4. The van der Waals surface area contributed by atoms with Gasteiger partial charge in [0.15, 0.2) is 4.80 Å². The van der Waals surface area contributed by atoms with Gasteiger partial charge in [0, 0.05) is 14.0 Å². The van der Waals surface area contributed by atoms with Gasteiger partial charge < -0.3 is 9.88 Å². The summed E-state index contributed by atoms with van der Waals surface area (Å²) < 4.78 is 2.97. The van der Waals surface area contributed by atoms with Crippen molar-refractivity contribution in [1.29, 1.82) is 0 Å². The van der Waals surface area contributed by atoms with Crippen molar-refractivity contribution in [2.75, 3.05) is 0 Å². The largest absolute Gasteiger partial charge is 0.344 e. The van der Waals surface area contributed by atoms with Crippen molar-refractivity contribution in [2.24, 2.45) is 18.0 Å². The third-order valence-corrected chi connectivity index (χ3v) is 4.32. The van der Waals surface area contributed by atoms with Gasteiger partial charge >= 0.3 is 0 Å². The minimum atomic E-state index is -0.590. The van der Waals surface area contributed by atoms with Gasteiger partial charge in [0.05, 0.1) is 10.2 Å². The van der Waals surface area contributed by atoms with Gasteiger partial charge in [0.2, 0.25) is 5.91 Å². The summed E-state index contributed by atoms with van der Waals surface area (Å²) in [5.41, 5.74) is 1.04. The Bertz CT molecular complexity index is 743. The number of carbonyl (C=O) groups is 2. The molecule has 0 saturated carbocycles. The first-order chi connectivity index (χ1) is 9.90. The maximum atomic E-state index is 12.3.